The van der Waals surface area contributed by atoms with Crippen LogP contribution in [0.1, 0.15) is 39.2 Å². The minimum absolute atomic E-state index is 0.650. The van der Waals surface area contributed by atoms with Crippen LogP contribution in [0.3, 0.4) is 0 Å². The largest absolute Gasteiger partial charge is 0.492 e. The van der Waals surface area contributed by atoms with Crippen LogP contribution in [0.25, 0.3) is 0 Å². The fourth-order valence-corrected chi connectivity index (χ4v) is 1.79. The summed E-state index contributed by atoms with van der Waals surface area (Å²) in [5.74, 6) is 2.15. The van der Waals surface area contributed by atoms with E-state index in [0.717, 1.165) is 18.6 Å². The predicted molar refractivity (Wildman–Crippen MR) is 65.5 cm³/mol. The van der Waals surface area contributed by atoms with E-state index in [2.05, 4.69) is 19.9 Å². The highest BCUT2D eigenvalue weighted by atomic mass is 35.5. The van der Waals surface area contributed by atoms with E-state index in [9.17, 15) is 0 Å². The monoisotopic (exact) mass is 225 g/mol. The van der Waals surface area contributed by atoms with Crippen molar-refractivity contribution in [1.29, 1.82) is 0 Å². The Kier molecular flexibility index (Phi) is 4.97. The van der Waals surface area contributed by atoms with Crippen LogP contribution in [0.4, 0.5) is 0 Å². The zero-order valence-electron chi connectivity index (χ0n) is 9.64. The first-order valence-corrected chi connectivity index (χ1v) is 5.82. The van der Waals surface area contributed by atoms with Crippen LogP contribution in [0.5, 0.6) is 5.75 Å². The normalized spacial score (nSPS) is 10.7. The summed E-state index contributed by atoms with van der Waals surface area (Å²) in [4.78, 5) is 0. The lowest BCUT2D eigenvalue weighted by Crippen LogP contribution is -1.96. The van der Waals surface area contributed by atoms with Gasteiger partial charge < -0.3 is 4.74 Å². The molecule has 83 valence electrons. The minimum Gasteiger partial charge on any atom is -0.492 e. The van der Waals surface area contributed by atoms with Crippen LogP contribution < -0.4 is 4.74 Å². The number of hydrogen-bond acceptors (Lipinski definition) is 1. The van der Waals surface area contributed by atoms with Crippen molar-refractivity contribution in [3.63, 3.8) is 0 Å². The average molecular weight is 226 g/mol. The first-order chi connectivity index (χ1) is 7.19. The standard InChI is InChI=1S/C13H18ClO/c1-4-6-10(3)11-7-8-13(15-5-2)12(14)9-11/h7-9H,4-6H2,1-3H3. The fraction of sp³-hybridized carbons (Fsp3) is 0.462. The molecule has 1 aromatic carbocycles. The Morgan fingerprint density at radius 2 is 2.07 bits per heavy atom. The van der Waals surface area contributed by atoms with Gasteiger partial charge in [-0.2, -0.15) is 0 Å². The molecule has 0 fully saturated rings. The van der Waals surface area contributed by atoms with Gasteiger partial charge in [-0.15, -0.1) is 0 Å². The van der Waals surface area contributed by atoms with Gasteiger partial charge in [0.25, 0.3) is 0 Å². The quantitative estimate of drug-likeness (QED) is 0.718. The van der Waals surface area contributed by atoms with Crippen molar-refractivity contribution in [3.8, 4) is 5.75 Å². The summed E-state index contributed by atoms with van der Waals surface area (Å²) in [7, 11) is 0. The van der Waals surface area contributed by atoms with Crippen LogP contribution in [0, 0.1) is 5.92 Å². The highest BCUT2D eigenvalue weighted by Crippen LogP contribution is 2.29. The van der Waals surface area contributed by atoms with E-state index in [1.807, 2.05) is 19.1 Å². The Bertz CT molecular complexity index is 309. The summed E-state index contributed by atoms with van der Waals surface area (Å²) in [5.41, 5.74) is 1.21. The maximum absolute atomic E-state index is 6.11. The molecule has 0 aliphatic heterocycles. The summed E-state index contributed by atoms with van der Waals surface area (Å²) in [6.45, 7) is 6.94. The van der Waals surface area contributed by atoms with Gasteiger partial charge in [-0.3, -0.25) is 0 Å². The second kappa shape index (κ2) is 6.02. The Labute approximate surface area is 97.4 Å². The molecule has 1 nitrogen and oxygen atoms in total. The number of hydrogen-bond donors (Lipinski definition) is 0. The number of halogens is 1. The zero-order chi connectivity index (χ0) is 11.3. The van der Waals surface area contributed by atoms with Gasteiger partial charge in [-0.25, -0.2) is 0 Å². The topological polar surface area (TPSA) is 9.23 Å². The van der Waals surface area contributed by atoms with Crippen LogP contribution in [-0.4, -0.2) is 6.61 Å². The molecule has 1 rings (SSSR count). The molecule has 0 saturated heterocycles. The summed E-state index contributed by atoms with van der Waals surface area (Å²) in [5, 5.41) is 0.699. The second-order valence-electron chi connectivity index (χ2n) is 3.61. The first-order valence-electron chi connectivity index (χ1n) is 5.44. The molecule has 0 spiro atoms. The van der Waals surface area contributed by atoms with Crippen LogP contribution >= 0.6 is 11.6 Å². The average Bonchev–Trinajstić information content (AvgIpc) is 2.21. The Morgan fingerprint density at radius 3 is 2.60 bits per heavy atom. The number of ether oxygens (including phenoxy) is 1. The smallest absolute Gasteiger partial charge is 0.137 e. The molecule has 2 heteroatoms. The van der Waals surface area contributed by atoms with Crippen molar-refractivity contribution >= 4 is 11.6 Å². The summed E-state index contributed by atoms with van der Waals surface area (Å²) >= 11 is 6.11. The molecule has 0 aliphatic carbocycles. The molecule has 0 amide bonds. The SMILES string of the molecule is CCC[C](C)c1ccc(OCC)c(Cl)c1. The van der Waals surface area contributed by atoms with Gasteiger partial charge in [0.1, 0.15) is 5.75 Å². The van der Waals surface area contributed by atoms with E-state index in [0.29, 0.717) is 11.6 Å². The minimum atomic E-state index is 0.650. The summed E-state index contributed by atoms with van der Waals surface area (Å²) < 4.78 is 5.39. The van der Waals surface area contributed by atoms with Crippen molar-refractivity contribution < 1.29 is 4.74 Å². The highest BCUT2D eigenvalue weighted by Gasteiger charge is 2.08. The third kappa shape index (κ3) is 3.42. The molecular formula is C13H18ClO. The zero-order valence-corrected chi connectivity index (χ0v) is 10.4. The van der Waals surface area contributed by atoms with E-state index in [4.69, 9.17) is 16.3 Å². The Hall–Kier alpha value is -0.690. The van der Waals surface area contributed by atoms with Gasteiger partial charge in [-0.1, -0.05) is 37.9 Å². The van der Waals surface area contributed by atoms with Crippen molar-refractivity contribution in [3.05, 3.63) is 34.7 Å². The maximum atomic E-state index is 6.11. The molecule has 1 aromatic rings. The molecule has 1 radical (unpaired) electrons. The van der Waals surface area contributed by atoms with E-state index in [-0.39, 0.29) is 0 Å². The van der Waals surface area contributed by atoms with E-state index >= 15 is 0 Å². The third-order valence-electron chi connectivity index (χ3n) is 2.35. The number of rotatable bonds is 5. The molecule has 0 heterocycles. The van der Waals surface area contributed by atoms with Gasteiger partial charge in [0, 0.05) is 5.92 Å². The maximum Gasteiger partial charge on any atom is 0.137 e. The number of benzene rings is 1. The molecule has 0 saturated carbocycles. The third-order valence-corrected chi connectivity index (χ3v) is 2.64. The van der Waals surface area contributed by atoms with Gasteiger partial charge in [0.2, 0.25) is 0 Å². The van der Waals surface area contributed by atoms with Crippen LogP contribution in [0.15, 0.2) is 18.2 Å². The van der Waals surface area contributed by atoms with Crippen LogP contribution in [-0.2, 0) is 0 Å². The molecule has 0 aliphatic rings. The molecular weight excluding hydrogens is 208 g/mol. The summed E-state index contributed by atoms with van der Waals surface area (Å²) in [6.07, 6.45) is 2.28. The second-order valence-corrected chi connectivity index (χ2v) is 4.02. The Balaban J connectivity index is 2.81. The van der Waals surface area contributed by atoms with Crippen molar-refractivity contribution in [1.82, 2.24) is 0 Å². The molecule has 0 atom stereocenters. The predicted octanol–water partition coefficient (Wildman–Crippen LogP) is 4.48. The van der Waals surface area contributed by atoms with E-state index in [1.165, 1.54) is 11.5 Å². The lowest BCUT2D eigenvalue weighted by molar-refractivity contribution is 0.340. The summed E-state index contributed by atoms with van der Waals surface area (Å²) in [6, 6.07) is 6.00. The van der Waals surface area contributed by atoms with Crippen molar-refractivity contribution in [2.45, 2.75) is 33.6 Å². The molecule has 0 N–H and O–H groups in total. The van der Waals surface area contributed by atoms with Gasteiger partial charge in [0.15, 0.2) is 0 Å². The van der Waals surface area contributed by atoms with Gasteiger partial charge in [0.05, 0.1) is 11.6 Å². The fourth-order valence-electron chi connectivity index (χ4n) is 1.56. The van der Waals surface area contributed by atoms with Gasteiger partial charge >= 0.3 is 0 Å². The lowest BCUT2D eigenvalue weighted by Gasteiger charge is -2.12. The highest BCUT2D eigenvalue weighted by molar-refractivity contribution is 6.32. The van der Waals surface area contributed by atoms with E-state index in [1.54, 1.807) is 0 Å². The van der Waals surface area contributed by atoms with Gasteiger partial charge in [-0.05, 0) is 31.0 Å². The Morgan fingerprint density at radius 1 is 1.33 bits per heavy atom. The lowest BCUT2D eigenvalue weighted by atomic mass is 9.97. The molecule has 15 heavy (non-hydrogen) atoms. The molecule has 0 unspecified atom stereocenters. The first kappa shape index (κ1) is 12.4. The van der Waals surface area contributed by atoms with Crippen molar-refractivity contribution in [2.75, 3.05) is 6.61 Å². The molecule has 0 bridgehead atoms. The van der Waals surface area contributed by atoms with E-state index < -0.39 is 0 Å². The van der Waals surface area contributed by atoms with Crippen LogP contribution in [0.2, 0.25) is 5.02 Å². The van der Waals surface area contributed by atoms with Crippen molar-refractivity contribution in [2.24, 2.45) is 0 Å². The molecule has 0 aromatic heterocycles.